The molecule has 4 atom stereocenters. The van der Waals surface area contributed by atoms with Crippen LogP contribution in [0.4, 0.5) is 0 Å². The van der Waals surface area contributed by atoms with Gasteiger partial charge in [-0.2, -0.15) is 0 Å². The molecule has 4 heterocycles. The first-order valence-corrected chi connectivity index (χ1v) is 17.1. The van der Waals surface area contributed by atoms with Gasteiger partial charge in [0.15, 0.2) is 5.17 Å². The number of piperazine rings is 1. The number of thioether (sulfide) groups is 1. The van der Waals surface area contributed by atoms with Crippen molar-refractivity contribution < 1.29 is 9.59 Å². The number of amidine groups is 1. The van der Waals surface area contributed by atoms with Gasteiger partial charge in [-0.05, 0) is 93.6 Å². The van der Waals surface area contributed by atoms with E-state index >= 15 is 0 Å². The van der Waals surface area contributed by atoms with E-state index in [1.807, 2.05) is 58.3 Å². The van der Waals surface area contributed by atoms with Crippen LogP contribution >= 0.6 is 35.0 Å². The third-order valence-electron chi connectivity index (χ3n) is 9.44. The van der Waals surface area contributed by atoms with Crippen LogP contribution in [0.5, 0.6) is 0 Å². The van der Waals surface area contributed by atoms with Gasteiger partial charge in [-0.3, -0.25) is 9.59 Å². The van der Waals surface area contributed by atoms with Crippen molar-refractivity contribution in [3.8, 4) is 0 Å². The summed E-state index contributed by atoms with van der Waals surface area (Å²) in [5, 5.41) is 5.62. The van der Waals surface area contributed by atoms with E-state index in [0.29, 0.717) is 34.5 Å². The second-order valence-electron chi connectivity index (χ2n) is 13.6. The lowest BCUT2D eigenvalue weighted by Crippen LogP contribution is -2.61. The number of amides is 2. The van der Waals surface area contributed by atoms with E-state index in [1.165, 1.54) is 11.8 Å². The maximum atomic E-state index is 14.6. The minimum atomic E-state index is -0.635. The summed E-state index contributed by atoms with van der Waals surface area (Å²) in [6.07, 6.45) is 1.48. The number of hydrogen-bond acceptors (Lipinski definition) is 6. The molecule has 0 spiro atoms. The van der Waals surface area contributed by atoms with Crippen molar-refractivity contribution >= 4 is 51.9 Å². The average molecular weight is 655 g/mol. The maximum absolute atomic E-state index is 14.6. The van der Waals surface area contributed by atoms with Crippen LogP contribution in [0.2, 0.25) is 10.0 Å². The van der Waals surface area contributed by atoms with Crippen LogP contribution < -0.4 is 5.32 Å². The minimum Gasteiger partial charge on any atom is -0.338 e. The molecule has 4 aliphatic rings. The zero-order chi connectivity index (χ0) is 31.6. The quantitative estimate of drug-likeness (QED) is 0.383. The van der Waals surface area contributed by atoms with Crippen LogP contribution in [0, 0.1) is 5.92 Å². The van der Waals surface area contributed by atoms with Gasteiger partial charge < -0.3 is 20.0 Å². The Balaban J connectivity index is 1.39. The Hall–Kier alpha value is -2.52. The van der Waals surface area contributed by atoms with Gasteiger partial charge in [-0.15, -0.1) is 0 Å². The lowest BCUT2D eigenvalue weighted by atomic mass is 9.81. The first-order chi connectivity index (χ1) is 20.8. The molecule has 0 saturated carbocycles. The number of carbonyl (C=O) groups excluding carboxylic acids is 2. The molecule has 0 bridgehead atoms. The van der Waals surface area contributed by atoms with Crippen molar-refractivity contribution in [2.45, 2.75) is 83.6 Å². The van der Waals surface area contributed by atoms with Gasteiger partial charge in [0.05, 0.1) is 6.04 Å². The van der Waals surface area contributed by atoms with Crippen LogP contribution in [-0.4, -0.2) is 68.9 Å². The van der Waals surface area contributed by atoms with E-state index in [4.69, 9.17) is 28.2 Å². The SMILES string of the molecule is CC(C)C1=C(C(=O)N2[C@H](C)CC[C@H]2C(=O)N2CCNC(C)(C)C2)SC2=NC(C)(c3ccc(Cl)cc3)C(c3ccc(Cl)cc3)N21. The lowest BCUT2D eigenvalue weighted by Gasteiger charge is -2.41. The van der Waals surface area contributed by atoms with E-state index in [9.17, 15) is 9.59 Å². The fourth-order valence-corrected chi connectivity index (χ4v) is 8.89. The predicted octanol–water partition coefficient (Wildman–Crippen LogP) is 6.83. The summed E-state index contributed by atoms with van der Waals surface area (Å²) >= 11 is 14.0. The Morgan fingerprint density at radius 2 is 1.64 bits per heavy atom. The van der Waals surface area contributed by atoms with E-state index in [1.54, 1.807) is 0 Å². The molecule has 0 aromatic heterocycles. The standard InChI is InChI=1S/C34H41Cl2N5O2S/c1-20(2)27-28(31(43)40-21(3)7-16-26(40)30(42)39-18-17-37-33(4,5)19-39)44-32-38-34(6,23-10-14-25(36)15-11-23)29(41(27)32)22-8-12-24(35)13-9-22/h8-15,20-21,26,29,37H,7,16-19H2,1-6H3/t21-,26+,29?,34?/m1/s1. The van der Waals surface area contributed by atoms with Gasteiger partial charge in [0, 0.05) is 47.0 Å². The first kappa shape index (κ1) is 31.5. The molecule has 2 saturated heterocycles. The molecule has 2 fully saturated rings. The van der Waals surface area contributed by atoms with Gasteiger partial charge in [-0.25, -0.2) is 4.99 Å². The second-order valence-corrected chi connectivity index (χ2v) is 15.4. The van der Waals surface area contributed by atoms with Crippen molar-refractivity contribution in [3.05, 3.63) is 80.3 Å². The maximum Gasteiger partial charge on any atom is 0.263 e. The van der Waals surface area contributed by atoms with Gasteiger partial charge in [-0.1, -0.05) is 61.3 Å². The van der Waals surface area contributed by atoms with E-state index in [0.717, 1.165) is 35.0 Å². The average Bonchev–Trinajstić information content (AvgIpc) is 3.62. The Bertz CT molecular complexity index is 1520. The zero-order valence-electron chi connectivity index (χ0n) is 26.2. The second kappa shape index (κ2) is 11.7. The Morgan fingerprint density at radius 1 is 1.00 bits per heavy atom. The predicted molar refractivity (Wildman–Crippen MR) is 180 cm³/mol. The highest BCUT2D eigenvalue weighted by Gasteiger charge is 2.54. The van der Waals surface area contributed by atoms with Gasteiger partial charge in [0.1, 0.15) is 16.5 Å². The molecule has 0 radical (unpaired) electrons. The summed E-state index contributed by atoms with van der Waals surface area (Å²) in [5.74, 6) is 0.0216. The Labute approximate surface area is 275 Å². The molecule has 0 aliphatic carbocycles. The molecule has 6 rings (SSSR count). The highest BCUT2D eigenvalue weighted by Crippen LogP contribution is 2.56. The number of aliphatic imine (C=N–C) groups is 1. The smallest absolute Gasteiger partial charge is 0.263 e. The molecule has 2 amide bonds. The van der Waals surface area contributed by atoms with E-state index < -0.39 is 11.6 Å². The van der Waals surface area contributed by atoms with Crippen LogP contribution in [0.15, 0.2) is 64.1 Å². The zero-order valence-corrected chi connectivity index (χ0v) is 28.6. The number of benzene rings is 2. The molecule has 2 aromatic rings. The van der Waals surface area contributed by atoms with Crippen molar-refractivity contribution in [2.24, 2.45) is 10.9 Å². The van der Waals surface area contributed by atoms with Crippen molar-refractivity contribution in [3.63, 3.8) is 0 Å². The molecule has 2 unspecified atom stereocenters. The highest BCUT2D eigenvalue weighted by atomic mass is 35.5. The largest absolute Gasteiger partial charge is 0.338 e. The van der Waals surface area contributed by atoms with Crippen LogP contribution in [0.25, 0.3) is 0 Å². The molecule has 7 nitrogen and oxygen atoms in total. The highest BCUT2D eigenvalue weighted by molar-refractivity contribution is 8.18. The third kappa shape index (κ3) is 5.46. The number of nitrogens with zero attached hydrogens (tertiary/aromatic N) is 4. The Kier molecular flexibility index (Phi) is 8.36. The summed E-state index contributed by atoms with van der Waals surface area (Å²) < 4.78 is 0. The summed E-state index contributed by atoms with van der Waals surface area (Å²) in [5.41, 5.74) is 2.26. The summed E-state index contributed by atoms with van der Waals surface area (Å²) in [7, 11) is 0. The topological polar surface area (TPSA) is 68.2 Å². The minimum absolute atomic E-state index is 0.0299. The monoisotopic (exact) mass is 653 g/mol. The number of carbonyl (C=O) groups is 2. The number of hydrogen-bond donors (Lipinski definition) is 1. The van der Waals surface area contributed by atoms with Gasteiger partial charge >= 0.3 is 0 Å². The number of halogens is 2. The molecule has 234 valence electrons. The molecule has 2 aromatic carbocycles. The number of nitrogens with one attached hydrogen (secondary N) is 1. The molecule has 1 N–H and O–H groups in total. The fraction of sp³-hybridized carbons (Fsp3) is 0.500. The first-order valence-electron chi connectivity index (χ1n) is 15.5. The van der Waals surface area contributed by atoms with Crippen LogP contribution in [0.1, 0.15) is 71.6 Å². The van der Waals surface area contributed by atoms with Crippen LogP contribution in [-0.2, 0) is 15.1 Å². The van der Waals surface area contributed by atoms with E-state index in [2.05, 4.69) is 51.8 Å². The molecular weight excluding hydrogens is 613 g/mol. The summed E-state index contributed by atoms with van der Waals surface area (Å²) in [4.78, 5) is 40.7. The number of rotatable bonds is 5. The van der Waals surface area contributed by atoms with Crippen molar-refractivity contribution in [2.75, 3.05) is 19.6 Å². The van der Waals surface area contributed by atoms with Gasteiger partial charge in [0.2, 0.25) is 5.91 Å². The number of fused-ring (bicyclic) bond motifs is 1. The van der Waals surface area contributed by atoms with Crippen LogP contribution in [0.3, 0.4) is 0 Å². The molecular formula is C34H41Cl2N5O2S. The third-order valence-corrected chi connectivity index (χ3v) is 11.0. The van der Waals surface area contributed by atoms with Gasteiger partial charge in [0.25, 0.3) is 5.91 Å². The van der Waals surface area contributed by atoms with Crippen molar-refractivity contribution in [1.29, 1.82) is 0 Å². The molecule has 10 heteroatoms. The summed E-state index contributed by atoms with van der Waals surface area (Å²) in [6.45, 7) is 14.7. The number of likely N-dealkylation sites (tertiary alicyclic amines) is 1. The molecule has 44 heavy (non-hydrogen) atoms. The normalized spacial score (nSPS) is 28.2. The summed E-state index contributed by atoms with van der Waals surface area (Å²) in [6, 6.07) is 15.1. The lowest BCUT2D eigenvalue weighted by molar-refractivity contribution is -0.144. The molecule has 4 aliphatic heterocycles. The fourth-order valence-electron chi connectivity index (χ4n) is 7.29. The number of allylic oxidation sites excluding steroid dienone is 1. The Morgan fingerprint density at radius 3 is 2.25 bits per heavy atom. The van der Waals surface area contributed by atoms with E-state index in [-0.39, 0.29) is 35.4 Å². The van der Waals surface area contributed by atoms with Crippen molar-refractivity contribution in [1.82, 2.24) is 20.0 Å².